The van der Waals surface area contributed by atoms with E-state index in [9.17, 15) is 4.79 Å². The Hall–Kier alpha value is -3.41. The molecule has 2 heterocycles. The van der Waals surface area contributed by atoms with Crippen molar-refractivity contribution >= 4 is 11.7 Å². The molecule has 6 heteroatoms. The van der Waals surface area contributed by atoms with E-state index in [0.717, 1.165) is 35.9 Å². The fourth-order valence-electron chi connectivity index (χ4n) is 3.55. The lowest BCUT2D eigenvalue weighted by Gasteiger charge is -2.35. The van der Waals surface area contributed by atoms with E-state index in [2.05, 4.69) is 34.2 Å². The minimum Gasteiger partial charge on any atom is -0.497 e. The summed E-state index contributed by atoms with van der Waals surface area (Å²) in [6.45, 7) is 4.86. The average Bonchev–Trinajstić information content (AvgIpc) is 2.79. The smallest absolute Gasteiger partial charge is 0.253 e. The van der Waals surface area contributed by atoms with Gasteiger partial charge in [0.15, 0.2) is 5.82 Å². The summed E-state index contributed by atoms with van der Waals surface area (Å²) in [5.41, 5.74) is 3.84. The van der Waals surface area contributed by atoms with Crippen LogP contribution in [-0.2, 0) is 0 Å². The predicted molar refractivity (Wildman–Crippen MR) is 113 cm³/mol. The molecule has 0 spiro atoms. The third kappa shape index (κ3) is 4.06. The van der Waals surface area contributed by atoms with Crippen LogP contribution in [-0.4, -0.2) is 54.3 Å². The highest BCUT2D eigenvalue weighted by Gasteiger charge is 2.23. The quantitative estimate of drug-likeness (QED) is 0.685. The molecule has 1 aromatic heterocycles. The summed E-state index contributed by atoms with van der Waals surface area (Å²) in [4.78, 5) is 16.8. The van der Waals surface area contributed by atoms with Crippen molar-refractivity contribution < 1.29 is 9.53 Å². The van der Waals surface area contributed by atoms with E-state index < -0.39 is 0 Å². The van der Waals surface area contributed by atoms with E-state index in [-0.39, 0.29) is 5.91 Å². The van der Waals surface area contributed by atoms with Crippen LogP contribution < -0.4 is 9.64 Å². The largest absolute Gasteiger partial charge is 0.497 e. The van der Waals surface area contributed by atoms with Gasteiger partial charge in [0.1, 0.15) is 5.75 Å². The monoisotopic (exact) mass is 388 g/mol. The minimum atomic E-state index is 0.0493. The standard InChI is InChI=1S/C23H24N4O2/c1-17-5-3-4-6-20(17)21-11-12-22(25-24-21)26-13-15-27(16-14-26)23(28)18-7-9-19(29-2)10-8-18/h3-12H,13-16H2,1-2H3. The minimum absolute atomic E-state index is 0.0493. The number of methoxy groups -OCH3 is 1. The lowest BCUT2D eigenvalue weighted by molar-refractivity contribution is 0.0746. The van der Waals surface area contributed by atoms with Gasteiger partial charge >= 0.3 is 0 Å². The van der Waals surface area contributed by atoms with Crippen LogP contribution in [0.5, 0.6) is 5.75 Å². The summed E-state index contributed by atoms with van der Waals surface area (Å²) in [6, 6.07) is 19.4. The van der Waals surface area contributed by atoms with E-state index in [4.69, 9.17) is 4.74 Å². The van der Waals surface area contributed by atoms with Crippen LogP contribution in [0.25, 0.3) is 11.3 Å². The number of aryl methyl sites for hydroxylation is 1. The molecular formula is C23H24N4O2. The molecule has 29 heavy (non-hydrogen) atoms. The highest BCUT2D eigenvalue weighted by atomic mass is 16.5. The predicted octanol–water partition coefficient (Wildman–Crippen LogP) is 3.42. The zero-order valence-corrected chi connectivity index (χ0v) is 16.7. The molecular weight excluding hydrogens is 364 g/mol. The number of rotatable bonds is 4. The van der Waals surface area contributed by atoms with Crippen LogP contribution >= 0.6 is 0 Å². The van der Waals surface area contributed by atoms with Crippen LogP contribution in [0.2, 0.25) is 0 Å². The van der Waals surface area contributed by atoms with Gasteiger partial charge in [-0.1, -0.05) is 24.3 Å². The number of hydrogen-bond acceptors (Lipinski definition) is 5. The molecule has 6 nitrogen and oxygen atoms in total. The molecule has 0 radical (unpaired) electrons. The maximum atomic E-state index is 12.7. The second-order valence-electron chi connectivity index (χ2n) is 7.10. The Kier molecular flexibility index (Phi) is 5.42. The first-order valence-electron chi connectivity index (χ1n) is 9.74. The van der Waals surface area contributed by atoms with Gasteiger partial charge in [-0.05, 0) is 48.9 Å². The number of hydrogen-bond donors (Lipinski definition) is 0. The van der Waals surface area contributed by atoms with Crippen LogP contribution in [0.4, 0.5) is 5.82 Å². The van der Waals surface area contributed by atoms with Crippen molar-refractivity contribution in [1.82, 2.24) is 15.1 Å². The molecule has 0 bridgehead atoms. The number of amides is 1. The number of carbonyl (C=O) groups excluding carboxylic acids is 1. The number of nitrogens with zero attached hydrogens (tertiary/aromatic N) is 4. The van der Waals surface area contributed by atoms with Gasteiger partial charge in [0.05, 0.1) is 12.8 Å². The van der Waals surface area contributed by atoms with E-state index >= 15 is 0 Å². The lowest BCUT2D eigenvalue weighted by Crippen LogP contribution is -2.49. The van der Waals surface area contributed by atoms with Crippen molar-refractivity contribution in [3.05, 3.63) is 71.8 Å². The third-order valence-electron chi connectivity index (χ3n) is 5.30. The van der Waals surface area contributed by atoms with Gasteiger partial charge in [-0.2, -0.15) is 0 Å². The van der Waals surface area contributed by atoms with Crippen molar-refractivity contribution in [3.63, 3.8) is 0 Å². The summed E-state index contributed by atoms with van der Waals surface area (Å²) >= 11 is 0. The van der Waals surface area contributed by atoms with Crippen molar-refractivity contribution in [2.24, 2.45) is 0 Å². The van der Waals surface area contributed by atoms with E-state index in [1.165, 1.54) is 5.56 Å². The number of piperazine rings is 1. The number of ether oxygens (including phenoxy) is 1. The molecule has 0 saturated carbocycles. The molecule has 2 aromatic carbocycles. The Morgan fingerprint density at radius 2 is 1.62 bits per heavy atom. The molecule has 0 unspecified atom stereocenters. The zero-order chi connectivity index (χ0) is 20.2. The lowest BCUT2D eigenvalue weighted by atomic mass is 10.1. The fraction of sp³-hybridized carbons (Fsp3) is 0.261. The molecule has 1 saturated heterocycles. The summed E-state index contributed by atoms with van der Waals surface area (Å²) in [6.07, 6.45) is 0. The van der Waals surface area contributed by atoms with Crippen LogP contribution in [0.1, 0.15) is 15.9 Å². The average molecular weight is 388 g/mol. The van der Waals surface area contributed by atoms with Gasteiger partial charge in [-0.25, -0.2) is 0 Å². The van der Waals surface area contributed by atoms with Gasteiger partial charge in [-0.3, -0.25) is 4.79 Å². The highest BCUT2D eigenvalue weighted by molar-refractivity contribution is 5.94. The van der Waals surface area contributed by atoms with Gasteiger partial charge in [0.2, 0.25) is 0 Å². The van der Waals surface area contributed by atoms with Crippen LogP contribution in [0.15, 0.2) is 60.7 Å². The van der Waals surface area contributed by atoms with Gasteiger partial charge in [0.25, 0.3) is 5.91 Å². The maximum Gasteiger partial charge on any atom is 0.253 e. The Balaban J connectivity index is 1.39. The second-order valence-corrected chi connectivity index (χ2v) is 7.10. The second kappa shape index (κ2) is 8.31. The molecule has 4 rings (SSSR count). The number of carbonyl (C=O) groups is 1. The molecule has 1 amide bonds. The highest BCUT2D eigenvalue weighted by Crippen LogP contribution is 2.22. The van der Waals surface area contributed by atoms with Gasteiger partial charge in [0, 0.05) is 37.3 Å². The first kappa shape index (κ1) is 18.9. The summed E-state index contributed by atoms with van der Waals surface area (Å²) in [5, 5.41) is 8.84. The number of aromatic nitrogens is 2. The van der Waals surface area contributed by atoms with Crippen LogP contribution in [0.3, 0.4) is 0 Å². The molecule has 0 atom stereocenters. The third-order valence-corrected chi connectivity index (χ3v) is 5.30. The van der Waals surface area contributed by atoms with E-state index in [1.54, 1.807) is 7.11 Å². The molecule has 1 fully saturated rings. The van der Waals surface area contributed by atoms with Crippen molar-refractivity contribution in [2.45, 2.75) is 6.92 Å². The van der Waals surface area contributed by atoms with Crippen molar-refractivity contribution in [1.29, 1.82) is 0 Å². The summed E-state index contributed by atoms with van der Waals surface area (Å²) in [7, 11) is 1.62. The molecule has 3 aromatic rings. The topological polar surface area (TPSA) is 58.6 Å². The SMILES string of the molecule is COc1ccc(C(=O)N2CCN(c3ccc(-c4ccccc4C)nn3)CC2)cc1. The van der Waals surface area contributed by atoms with Crippen molar-refractivity contribution in [2.75, 3.05) is 38.2 Å². The summed E-state index contributed by atoms with van der Waals surface area (Å²) in [5.74, 6) is 1.64. The molecule has 1 aliphatic rings. The Bertz CT molecular complexity index is 979. The van der Waals surface area contributed by atoms with Gasteiger partial charge in [-0.15, -0.1) is 10.2 Å². The van der Waals surface area contributed by atoms with E-state index in [1.807, 2.05) is 53.4 Å². The molecule has 148 valence electrons. The number of benzene rings is 2. The Labute approximate surface area is 170 Å². The molecule has 0 N–H and O–H groups in total. The summed E-state index contributed by atoms with van der Waals surface area (Å²) < 4.78 is 5.16. The Morgan fingerprint density at radius 3 is 2.24 bits per heavy atom. The normalized spacial score (nSPS) is 14.0. The first-order chi connectivity index (χ1) is 14.2. The fourth-order valence-corrected chi connectivity index (χ4v) is 3.55. The maximum absolute atomic E-state index is 12.7. The number of anilines is 1. The zero-order valence-electron chi connectivity index (χ0n) is 16.7. The first-order valence-corrected chi connectivity index (χ1v) is 9.74. The van der Waals surface area contributed by atoms with Crippen molar-refractivity contribution in [3.8, 4) is 17.0 Å². The van der Waals surface area contributed by atoms with E-state index in [0.29, 0.717) is 18.7 Å². The van der Waals surface area contributed by atoms with Gasteiger partial charge < -0.3 is 14.5 Å². The Morgan fingerprint density at radius 1 is 0.897 bits per heavy atom. The van der Waals surface area contributed by atoms with Crippen LogP contribution in [0, 0.1) is 6.92 Å². The molecule has 1 aliphatic heterocycles. The molecule has 0 aliphatic carbocycles.